The van der Waals surface area contributed by atoms with Crippen LogP contribution >= 0.6 is 0 Å². The molecule has 1 atom stereocenters. The third-order valence-corrected chi connectivity index (χ3v) is 2.08. The summed E-state index contributed by atoms with van der Waals surface area (Å²) >= 11 is 0. The first kappa shape index (κ1) is 14.3. The van der Waals surface area contributed by atoms with E-state index in [1.807, 2.05) is 13.8 Å². The molecular weight excluding hydrogens is 144 g/mol. The summed E-state index contributed by atoms with van der Waals surface area (Å²) < 4.78 is 0. The maximum absolute atomic E-state index is 3.93. The van der Waals surface area contributed by atoms with Crippen molar-refractivity contribution in [1.82, 2.24) is 0 Å². The third-order valence-electron chi connectivity index (χ3n) is 2.08. The van der Waals surface area contributed by atoms with E-state index in [1.54, 1.807) is 0 Å². The summed E-state index contributed by atoms with van der Waals surface area (Å²) in [5, 5.41) is 0. The molecule has 0 heterocycles. The van der Waals surface area contributed by atoms with Gasteiger partial charge in [-0.3, -0.25) is 0 Å². The van der Waals surface area contributed by atoms with Crippen molar-refractivity contribution in [2.75, 3.05) is 0 Å². The van der Waals surface area contributed by atoms with Gasteiger partial charge in [-0.1, -0.05) is 59.1 Å². The van der Waals surface area contributed by atoms with E-state index >= 15 is 0 Å². The molecule has 76 valence electrons. The lowest BCUT2D eigenvalue weighted by atomic mass is 9.97. The molecule has 0 radical (unpaired) electrons. The van der Waals surface area contributed by atoms with E-state index in [0.29, 0.717) is 0 Å². The van der Waals surface area contributed by atoms with Crippen molar-refractivity contribution in [3.05, 3.63) is 12.2 Å². The molecule has 0 bridgehead atoms. The van der Waals surface area contributed by atoms with Crippen LogP contribution < -0.4 is 0 Å². The molecular formula is C12H28. The van der Waals surface area contributed by atoms with Gasteiger partial charge in [0.15, 0.2) is 0 Å². The molecule has 0 spiro atoms. The minimum atomic E-state index is 0. The van der Waals surface area contributed by atoms with Crippen LogP contribution in [-0.2, 0) is 0 Å². The smallest absolute Gasteiger partial charge is 0 e. The summed E-state index contributed by atoms with van der Waals surface area (Å²) in [4.78, 5) is 0. The zero-order chi connectivity index (χ0) is 9.98. The second-order valence-corrected chi connectivity index (χ2v) is 3.24. The highest BCUT2D eigenvalue weighted by molar-refractivity contribution is 4.93. The molecule has 0 nitrogen and oxygen atoms in total. The van der Waals surface area contributed by atoms with Crippen LogP contribution in [0.2, 0.25) is 0 Å². The molecule has 0 heteroatoms. The van der Waals surface area contributed by atoms with E-state index in [-0.39, 0.29) is 1.43 Å². The maximum atomic E-state index is 3.93. The van der Waals surface area contributed by atoms with Gasteiger partial charge >= 0.3 is 0 Å². The highest BCUT2D eigenvalue weighted by atomic mass is 14.1. The lowest BCUT2D eigenvalue weighted by molar-refractivity contribution is 0.555. The predicted molar refractivity (Wildman–Crippen MR) is 61.6 cm³/mol. The topological polar surface area (TPSA) is 0 Å². The average Bonchev–Trinajstić information content (AvgIpc) is 2.08. The van der Waals surface area contributed by atoms with E-state index < -0.39 is 0 Å². The van der Waals surface area contributed by atoms with Crippen LogP contribution in [0.3, 0.4) is 0 Å². The summed E-state index contributed by atoms with van der Waals surface area (Å²) in [6.07, 6.45) is 5.38. The standard InChI is InChI=1S/C10H20.C2H6.H2/c1-5-6-7-8-10(4)9(2)3;1-2;/h10H,2,5-8H2,1,3-4H3;1-2H3;1H/t10-;;/m0../s1. The summed E-state index contributed by atoms with van der Waals surface area (Å²) in [5.41, 5.74) is 1.33. The Hall–Kier alpha value is -0.260. The Balaban J connectivity index is -0.000000309. The molecule has 0 aliphatic carbocycles. The van der Waals surface area contributed by atoms with E-state index in [2.05, 4.69) is 27.4 Å². The Kier molecular flexibility index (Phi) is 12.8. The first-order chi connectivity index (χ1) is 5.68. The fraction of sp³-hybridized carbons (Fsp3) is 0.833. The van der Waals surface area contributed by atoms with Crippen LogP contribution in [-0.4, -0.2) is 0 Å². The molecule has 0 fully saturated rings. The first-order valence-corrected chi connectivity index (χ1v) is 5.33. The molecule has 0 aromatic heterocycles. The van der Waals surface area contributed by atoms with Gasteiger partial charge in [-0.2, -0.15) is 0 Å². The molecule has 0 saturated carbocycles. The fourth-order valence-corrected chi connectivity index (χ4v) is 0.947. The third kappa shape index (κ3) is 9.74. The largest absolute Gasteiger partial charge is 0.0999 e. The lowest BCUT2D eigenvalue weighted by Gasteiger charge is -2.09. The minimum absolute atomic E-state index is 0. The van der Waals surface area contributed by atoms with Crippen molar-refractivity contribution >= 4 is 0 Å². The van der Waals surface area contributed by atoms with Crippen molar-refractivity contribution in [3.8, 4) is 0 Å². The van der Waals surface area contributed by atoms with Crippen LogP contribution in [0.1, 0.15) is 61.7 Å². The van der Waals surface area contributed by atoms with Crippen LogP contribution in [0.4, 0.5) is 0 Å². The van der Waals surface area contributed by atoms with Crippen molar-refractivity contribution in [2.24, 2.45) is 5.92 Å². The maximum Gasteiger partial charge on any atom is 0 e. The molecule has 0 unspecified atom stereocenters. The Morgan fingerprint density at radius 3 is 2.17 bits per heavy atom. The predicted octanol–water partition coefficient (Wildman–Crippen LogP) is 5.05. The molecule has 0 saturated heterocycles. The Morgan fingerprint density at radius 2 is 1.83 bits per heavy atom. The van der Waals surface area contributed by atoms with E-state index in [1.165, 1.54) is 31.3 Å². The second kappa shape index (κ2) is 10.7. The van der Waals surface area contributed by atoms with Gasteiger partial charge in [-0.15, -0.1) is 0 Å². The number of rotatable bonds is 5. The van der Waals surface area contributed by atoms with Gasteiger partial charge in [-0.25, -0.2) is 0 Å². The molecule has 12 heavy (non-hydrogen) atoms. The molecule has 0 N–H and O–H groups in total. The summed E-state index contributed by atoms with van der Waals surface area (Å²) in [6.45, 7) is 14.6. The number of hydrogen-bond acceptors (Lipinski definition) is 0. The number of unbranched alkanes of at least 4 members (excludes halogenated alkanes) is 2. The summed E-state index contributed by atoms with van der Waals surface area (Å²) in [6, 6.07) is 0. The van der Waals surface area contributed by atoms with E-state index in [0.717, 1.165) is 5.92 Å². The van der Waals surface area contributed by atoms with Crippen LogP contribution in [0.25, 0.3) is 0 Å². The first-order valence-electron chi connectivity index (χ1n) is 5.33. The summed E-state index contributed by atoms with van der Waals surface area (Å²) in [7, 11) is 0. The highest BCUT2D eigenvalue weighted by Crippen LogP contribution is 2.15. The van der Waals surface area contributed by atoms with Gasteiger partial charge in [-0.05, 0) is 19.3 Å². The van der Waals surface area contributed by atoms with Crippen LogP contribution in [0.5, 0.6) is 0 Å². The van der Waals surface area contributed by atoms with Gasteiger partial charge in [0.05, 0.1) is 0 Å². The highest BCUT2D eigenvalue weighted by Gasteiger charge is 2.00. The minimum Gasteiger partial charge on any atom is -0.0999 e. The number of allylic oxidation sites excluding steroid dienone is 1. The molecule has 0 aliphatic heterocycles. The fourth-order valence-electron chi connectivity index (χ4n) is 0.947. The van der Waals surface area contributed by atoms with Crippen molar-refractivity contribution < 1.29 is 1.43 Å². The van der Waals surface area contributed by atoms with Gasteiger partial charge < -0.3 is 0 Å². The molecule has 0 amide bonds. The average molecular weight is 172 g/mol. The Labute approximate surface area is 80.6 Å². The SMILES string of the molecule is C=C(C)[C@@H](C)CCCCC.CC.[HH]. The number of hydrogen-bond donors (Lipinski definition) is 0. The monoisotopic (exact) mass is 172 g/mol. The zero-order valence-electron chi connectivity index (χ0n) is 9.61. The van der Waals surface area contributed by atoms with Crippen molar-refractivity contribution in [3.63, 3.8) is 0 Å². The molecule has 0 aliphatic rings. The quantitative estimate of drug-likeness (QED) is 0.402. The zero-order valence-corrected chi connectivity index (χ0v) is 9.61. The normalized spacial score (nSPS) is 11.4. The second-order valence-electron chi connectivity index (χ2n) is 3.24. The molecule has 0 rings (SSSR count). The van der Waals surface area contributed by atoms with Gasteiger partial charge in [0.2, 0.25) is 0 Å². The van der Waals surface area contributed by atoms with E-state index in [9.17, 15) is 0 Å². The van der Waals surface area contributed by atoms with Crippen LogP contribution in [0, 0.1) is 5.92 Å². The summed E-state index contributed by atoms with van der Waals surface area (Å²) in [5.74, 6) is 0.728. The van der Waals surface area contributed by atoms with Gasteiger partial charge in [0.25, 0.3) is 0 Å². The molecule has 0 aromatic carbocycles. The van der Waals surface area contributed by atoms with Crippen LogP contribution in [0.15, 0.2) is 12.2 Å². The molecule has 0 aromatic rings. The Morgan fingerprint density at radius 1 is 1.33 bits per heavy atom. The van der Waals surface area contributed by atoms with E-state index in [4.69, 9.17) is 0 Å². The Bertz CT molecular complexity index is 97.3. The van der Waals surface area contributed by atoms with Gasteiger partial charge in [0.1, 0.15) is 0 Å². The van der Waals surface area contributed by atoms with Gasteiger partial charge in [0, 0.05) is 1.43 Å². The van der Waals surface area contributed by atoms with Crippen molar-refractivity contribution in [2.45, 2.75) is 60.3 Å². The van der Waals surface area contributed by atoms with Crippen molar-refractivity contribution in [1.29, 1.82) is 0 Å². The lowest BCUT2D eigenvalue weighted by Crippen LogP contribution is -1.94.